The van der Waals surface area contributed by atoms with Gasteiger partial charge >= 0.3 is 0 Å². The lowest BCUT2D eigenvalue weighted by molar-refractivity contribution is -0.136. The molecule has 4 rings (SSSR count). The van der Waals surface area contributed by atoms with Gasteiger partial charge in [-0.15, -0.1) is 0 Å². The number of fused-ring (bicyclic) bond motifs is 1. The Kier molecular flexibility index (Phi) is 8.00. The van der Waals surface area contributed by atoms with Crippen LogP contribution >= 0.6 is 0 Å². The molecule has 0 radical (unpaired) electrons. The Hall–Kier alpha value is -3.72. The van der Waals surface area contributed by atoms with E-state index in [0.29, 0.717) is 31.9 Å². The third kappa shape index (κ3) is 5.73. The first-order chi connectivity index (χ1) is 17.4. The first-order valence-corrected chi connectivity index (χ1v) is 11.9. The third-order valence-corrected chi connectivity index (χ3v) is 6.05. The van der Waals surface area contributed by atoms with Crippen molar-refractivity contribution in [2.75, 3.05) is 26.8 Å². The van der Waals surface area contributed by atoms with Gasteiger partial charge in [-0.3, -0.25) is 9.59 Å². The average molecular weight is 496 g/mol. The standard InChI is InChI=1S/C27H30FN3O5/c1-17(2)27(33)31-12-10-18-6-9-21(14-22(18)25(31)19-4-7-20(28)8-5-19)35-16-24-30-23(15-36-24)26(32)29-11-13-34-3/h4-9,14-15,17,25H,10-13,16H2,1-3H3,(H,29,32)/t25-/m0/s1. The van der Waals surface area contributed by atoms with Crippen molar-refractivity contribution < 1.29 is 27.9 Å². The lowest BCUT2D eigenvalue weighted by Crippen LogP contribution is -2.42. The van der Waals surface area contributed by atoms with Crippen molar-refractivity contribution in [2.24, 2.45) is 5.92 Å². The lowest BCUT2D eigenvalue weighted by atomic mass is 9.87. The lowest BCUT2D eigenvalue weighted by Gasteiger charge is -2.39. The summed E-state index contributed by atoms with van der Waals surface area (Å²) in [5.41, 5.74) is 3.04. The molecule has 0 saturated heterocycles. The van der Waals surface area contributed by atoms with Gasteiger partial charge in [0, 0.05) is 26.1 Å². The van der Waals surface area contributed by atoms with Gasteiger partial charge in [0.1, 0.15) is 17.8 Å². The smallest absolute Gasteiger partial charge is 0.273 e. The summed E-state index contributed by atoms with van der Waals surface area (Å²) in [6.07, 6.45) is 2.00. The molecule has 2 amide bonds. The molecule has 1 aliphatic heterocycles. The molecule has 0 fully saturated rings. The molecule has 0 aliphatic carbocycles. The van der Waals surface area contributed by atoms with Gasteiger partial charge in [-0.05, 0) is 47.4 Å². The number of carbonyl (C=O) groups is 2. The molecular weight excluding hydrogens is 465 g/mol. The number of carbonyl (C=O) groups excluding carboxylic acids is 2. The second kappa shape index (κ2) is 11.3. The Labute approximate surface area is 209 Å². The number of hydrogen-bond donors (Lipinski definition) is 1. The molecule has 8 nitrogen and oxygen atoms in total. The number of benzene rings is 2. The Morgan fingerprint density at radius 2 is 2.00 bits per heavy atom. The van der Waals surface area contributed by atoms with E-state index in [1.807, 2.05) is 36.9 Å². The number of ether oxygens (including phenoxy) is 2. The number of aromatic nitrogens is 1. The van der Waals surface area contributed by atoms with E-state index in [1.54, 1.807) is 19.2 Å². The maximum absolute atomic E-state index is 13.6. The minimum atomic E-state index is -0.354. The number of nitrogens with one attached hydrogen (secondary N) is 1. The van der Waals surface area contributed by atoms with Gasteiger partial charge in [-0.1, -0.05) is 32.0 Å². The van der Waals surface area contributed by atoms with Crippen LogP contribution in [0.3, 0.4) is 0 Å². The van der Waals surface area contributed by atoms with Crippen LogP contribution in [-0.2, 0) is 22.6 Å². The molecule has 1 atom stereocenters. The van der Waals surface area contributed by atoms with E-state index in [0.717, 1.165) is 16.7 Å². The number of hydrogen-bond acceptors (Lipinski definition) is 6. The number of methoxy groups -OCH3 is 1. The van der Waals surface area contributed by atoms with Crippen LogP contribution in [0, 0.1) is 11.7 Å². The number of halogens is 1. The van der Waals surface area contributed by atoms with Crippen molar-refractivity contribution in [3.63, 3.8) is 0 Å². The van der Waals surface area contributed by atoms with E-state index in [-0.39, 0.29) is 47.8 Å². The van der Waals surface area contributed by atoms with Crippen LogP contribution in [0.4, 0.5) is 4.39 Å². The van der Waals surface area contributed by atoms with Crippen molar-refractivity contribution in [2.45, 2.75) is 32.9 Å². The van der Waals surface area contributed by atoms with Crippen LogP contribution in [0.15, 0.2) is 53.1 Å². The van der Waals surface area contributed by atoms with Crippen molar-refractivity contribution in [3.8, 4) is 5.75 Å². The average Bonchev–Trinajstić information content (AvgIpc) is 3.36. The molecule has 3 aromatic rings. The molecule has 36 heavy (non-hydrogen) atoms. The predicted octanol–water partition coefficient (Wildman–Crippen LogP) is 3.90. The van der Waals surface area contributed by atoms with Gasteiger partial charge in [0.15, 0.2) is 12.3 Å². The SMILES string of the molecule is COCCNC(=O)c1coc(COc2ccc3c(c2)[C@H](c2ccc(F)cc2)N(C(=O)C(C)C)CC3)n1. The molecule has 1 aromatic heterocycles. The molecular formula is C27H30FN3O5. The second-order valence-electron chi connectivity index (χ2n) is 8.91. The molecule has 0 bridgehead atoms. The molecule has 2 aromatic carbocycles. The van der Waals surface area contributed by atoms with Crippen molar-refractivity contribution in [1.82, 2.24) is 15.2 Å². The van der Waals surface area contributed by atoms with Crippen LogP contribution in [-0.4, -0.2) is 48.5 Å². The van der Waals surface area contributed by atoms with Gasteiger partial charge in [-0.2, -0.15) is 0 Å². The van der Waals surface area contributed by atoms with E-state index in [4.69, 9.17) is 13.9 Å². The predicted molar refractivity (Wildman–Crippen MR) is 130 cm³/mol. The quantitative estimate of drug-likeness (QED) is 0.453. The van der Waals surface area contributed by atoms with E-state index >= 15 is 0 Å². The fourth-order valence-corrected chi connectivity index (χ4v) is 4.24. The highest BCUT2D eigenvalue weighted by Gasteiger charge is 2.33. The Morgan fingerprint density at radius 1 is 1.22 bits per heavy atom. The molecule has 9 heteroatoms. The number of amides is 2. The zero-order valence-corrected chi connectivity index (χ0v) is 20.6. The number of nitrogens with zero attached hydrogens (tertiary/aromatic N) is 2. The Morgan fingerprint density at radius 3 is 2.72 bits per heavy atom. The summed E-state index contributed by atoms with van der Waals surface area (Å²) in [5, 5.41) is 2.68. The summed E-state index contributed by atoms with van der Waals surface area (Å²) in [6, 6.07) is 11.7. The second-order valence-corrected chi connectivity index (χ2v) is 8.91. The van der Waals surface area contributed by atoms with Gasteiger partial charge in [-0.25, -0.2) is 9.37 Å². The normalized spacial score (nSPS) is 15.0. The fraction of sp³-hybridized carbons (Fsp3) is 0.370. The Bertz CT molecular complexity index is 1210. The number of rotatable bonds is 9. The van der Waals surface area contributed by atoms with Crippen LogP contribution in [0.2, 0.25) is 0 Å². The van der Waals surface area contributed by atoms with E-state index < -0.39 is 0 Å². The van der Waals surface area contributed by atoms with E-state index in [1.165, 1.54) is 18.4 Å². The minimum absolute atomic E-state index is 0.0278. The monoisotopic (exact) mass is 495 g/mol. The largest absolute Gasteiger partial charge is 0.484 e. The van der Waals surface area contributed by atoms with E-state index in [2.05, 4.69) is 10.3 Å². The third-order valence-electron chi connectivity index (χ3n) is 6.05. The molecule has 2 heterocycles. The summed E-state index contributed by atoms with van der Waals surface area (Å²) in [4.78, 5) is 31.2. The molecule has 190 valence electrons. The zero-order chi connectivity index (χ0) is 25.7. The van der Waals surface area contributed by atoms with Gasteiger partial charge in [0.25, 0.3) is 5.91 Å². The number of oxazole rings is 1. The minimum Gasteiger partial charge on any atom is -0.484 e. The first kappa shape index (κ1) is 25.4. The highest BCUT2D eigenvalue weighted by atomic mass is 19.1. The van der Waals surface area contributed by atoms with Crippen LogP contribution < -0.4 is 10.1 Å². The zero-order valence-electron chi connectivity index (χ0n) is 20.6. The van der Waals surface area contributed by atoms with Gasteiger partial charge in [0.2, 0.25) is 11.8 Å². The highest BCUT2D eigenvalue weighted by Crippen LogP contribution is 2.38. The van der Waals surface area contributed by atoms with Crippen molar-refractivity contribution in [3.05, 3.63) is 82.8 Å². The molecule has 0 unspecified atom stereocenters. The summed E-state index contributed by atoms with van der Waals surface area (Å²) >= 11 is 0. The van der Waals surface area contributed by atoms with E-state index in [9.17, 15) is 14.0 Å². The summed E-state index contributed by atoms with van der Waals surface area (Å²) in [6.45, 7) is 5.13. The Balaban J connectivity index is 1.54. The first-order valence-electron chi connectivity index (χ1n) is 11.9. The summed E-state index contributed by atoms with van der Waals surface area (Å²) in [7, 11) is 1.56. The van der Waals surface area contributed by atoms with Gasteiger partial charge in [0.05, 0.1) is 12.6 Å². The molecule has 1 aliphatic rings. The van der Waals surface area contributed by atoms with Gasteiger partial charge < -0.3 is 24.1 Å². The highest BCUT2D eigenvalue weighted by molar-refractivity contribution is 5.91. The molecule has 0 spiro atoms. The topological polar surface area (TPSA) is 93.9 Å². The maximum Gasteiger partial charge on any atom is 0.273 e. The maximum atomic E-state index is 13.6. The molecule has 1 N–H and O–H groups in total. The van der Waals surface area contributed by atoms with Crippen molar-refractivity contribution in [1.29, 1.82) is 0 Å². The van der Waals surface area contributed by atoms with Crippen molar-refractivity contribution >= 4 is 11.8 Å². The molecule has 0 saturated carbocycles. The van der Waals surface area contributed by atoms with Crippen LogP contribution in [0.5, 0.6) is 5.75 Å². The van der Waals surface area contributed by atoms with Crippen LogP contribution in [0.1, 0.15) is 53.0 Å². The van der Waals surface area contributed by atoms with Crippen LogP contribution in [0.25, 0.3) is 0 Å². The fourth-order valence-electron chi connectivity index (χ4n) is 4.24. The summed E-state index contributed by atoms with van der Waals surface area (Å²) in [5.74, 6) is 0.0248. The summed E-state index contributed by atoms with van der Waals surface area (Å²) < 4.78 is 29.9.